The first kappa shape index (κ1) is 13.2. The number of hydrogen-bond acceptors (Lipinski definition) is 2. The fraction of sp³-hybridized carbons (Fsp3) is 0.375. The molecule has 1 nitrogen and oxygen atoms in total. The second kappa shape index (κ2) is 5.28. The van der Waals surface area contributed by atoms with Gasteiger partial charge in [-0.15, -0.1) is 11.3 Å². The molecule has 0 amide bonds. The van der Waals surface area contributed by atoms with Crippen LogP contribution in [-0.2, 0) is 19.3 Å². The maximum atomic E-state index is 6.31. The van der Waals surface area contributed by atoms with E-state index in [-0.39, 0.29) is 6.04 Å². The second-order valence-corrected chi connectivity index (χ2v) is 6.65. The first-order valence-corrected chi connectivity index (χ1v) is 8.00. The van der Waals surface area contributed by atoms with Crippen LogP contribution in [0.3, 0.4) is 0 Å². The van der Waals surface area contributed by atoms with Gasteiger partial charge in [-0.2, -0.15) is 0 Å². The molecule has 1 aromatic carbocycles. The minimum atomic E-state index is 0.00523. The van der Waals surface area contributed by atoms with Gasteiger partial charge >= 0.3 is 0 Å². The summed E-state index contributed by atoms with van der Waals surface area (Å²) in [4.78, 5) is 1.11. The highest BCUT2D eigenvalue weighted by atomic mass is 35.5. The van der Waals surface area contributed by atoms with E-state index < -0.39 is 0 Å². The maximum Gasteiger partial charge on any atom is 0.0590 e. The van der Waals surface area contributed by atoms with Gasteiger partial charge in [0.2, 0.25) is 0 Å². The molecule has 1 aromatic heterocycles. The zero-order valence-electron chi connectivity index (χ0n) is 11.1. The fourth-order valence-electron chi connectivity index (χ4n) is 2.80. The van der Waals surface area contributed by atoms with E-state index in [1.807, 2.05) is 6.92 Å². The van der Waals surface area contributed by atoms with Crippen LogP contribution in [0, 0.1) is 6.92 Å². The van der Waals surface area contributed by atoms with Gasteiger partial charge < -0.3 is 5.73 Å². The minimum absolute atomic E-state index is 0.00523. The first-order chi connectivity index (χ1) is 9.15. The van der Waals surface area contributed by atoms with Gasteiger partial charge in [0.05, 0.1) is 5.02 Å². The van der Waals surface area contributed by atoms with Gasteiger partial charge in [0.1, 0.15) is 0 Å². The number of hydrogen-bond donors (Lipinski definition) is 1. The van der Waals surface area contributed by atoms with Crippen molar-refractivity contribution in [3.05, 3.63) is 55.7 Å². The lowest BCUT2D eigenvalue weighted by atomic mass is 10.0. The van der Waals surface area contributed by atoms with Crippen molar-refractivity contribution in [2.45, 2.75) is 38.6 Å². The topological polar surface area (TPSA) is 26.0 Å². The molecule has 0 spiro atoms. The van der Waals surface area contributed by atoms with Crippen molar-refractivity contribution in [3.8, 4) is 0 Å². The van der Waals surface area contributed by atoms with E-state index in [1.165, 1.54) is 36.0 Å². The lowest BCUT2D eigenvalue weighted by Crippen LogP contribution is -2.12. The van der Waals surface area contributed by atoms with Crippen molar-refractivity contribution in [3.63, 3.8) is 0 Å². The molecule has 1 atom stereocenters. The lowest BCUT2D eigenvalue weighted by molar-refractivity contribution is 0.735. The van der Waals surface area contributed by atoms with Gasteiger partial charge in [-0.25, -0.2) is 0 Å². The molecule has 1 aliphatic carbocycles. The molecule has 3 rings (SSSR count). The van der Waals surface area contributed by atoms with Crippen LogP contribution in [0.5, 0.6) is 0 Å². The predicted molar refractivity (Wildman–Crippen MR) is 83.2 cm³/mol. The summed E-state index contributed by atoms with van der Waals surface area (Å²) in [5.41, 5.74) is 11.8. The standard InChI is InChI=1S/C16H18ClNS/c1-10-9-19-16(15(10)17)14(18)8-11-5-6-12-3-2-4-13(12)7-11/h5-7,9,14H,2-4,8,18H2,1H3. The predicted octanol–water partition coefficient (Wildman–Crippen LogP) is 4.44. The van der Waals surface area contributed by atoms with Crippen molar-refractivity contribution < 1.29 is 0 Å². The summed E-state index contributed by atoms with van der Waals surface area (Å²) in [5, 5.41) is 2.93. The van der Waals surface area contributed by atoms with Gasteiger partial charge in [-0.1, -0.05) is 29.8 Å². The summed E-state index contributed by atoms with van der Waals surface area (Å²) < 4.78 is 0. The number of fused-ring (bicyclic) bond motifs is 1. The fourth-order valence-corrected chi connectivity index (χ4v) is 4.14. The Kier molecular flexibility index (Phi) is 3.66. The molecule has 1 unspecified atom stereocenters. The van der Waals surface area contributed by atoms with Crippen LogP contribution in [0.2, 0.25) is 5.02 Å². The van der Waals surface area contributed by atoms with Crippen molar-refractivity contribution in [2.75, 3.05) is 0 Å². The van der Waals surface area contributed by atoms with Crippen LogP contribution in [0.4, 0.5) is 0 Å². The smallest absolute Gasteiger partial charge is 0.0590 e. The molecule has 2 N–H and O–H groups in total. The molecular weight excluding hydrogens is 274 g/mol. The van der Waals surface area contributed by atoms with Crippen molar-refractivity contribution >= 4 is 22.9 Å². The Morgan fingerprint density at radius 3 is 2.84 bits per heavy atom. The first-order valence-electron chi connectivity index (χ1n) is 6.75. The molecule has 0 bridgehead atoms. The Bertz CT molecular complexity index is 603. The van der Waals surface area contributed by atoms with E-state index in [4.69, 9.17) is 17.3 Å². The molecule has 3 heteroatoms. The highest BCUT2D eigenvalue weighted by Gasteiger charge is 2.16. The van der Waals surface area contributed by atoms with Crippen LogP contribution < -0.4 is 5.73 Å². The molecule has 19 heavy (non-hydrogen) atoms. The summed E-state index contributed by atoms with van der Waals surface area (Å²) >= 11 is 7.97. The van der Waals surface area contributed by atoms with Gasteiger partial charge in [0, 0.05) is 10.9 Å². The van der Waals surface area contributed by atoms with Crippen molar-refractivity contribution in [1.29, 1.82) is 0 Å². The van der Waals surface area contributed by atoms with Crippen LogP contribution >= 0.6 is 22.9 Å². The third-order valence-electron chi connectivity index (χ3n) is 3.88. The molecule has 2 aromatic rings. The zero-order chi connectivity index (χ0) is 13.4. The average Bonchev–Trinajstić information content (AvgIpc) is 2.97. The molecule has 0 fully saturated rings. The second-order valence-electron chi connectivity index (χ2n) is 5.36. The van der Waals surface area contributed by atoms with Crippen LogP contribution in [0.15, 0.2) is 23.6 Å². The molecule has 0 radical (unpaired) electrons. The normalized spacial score (nSPS) is 15.5. The molecule has 1 aliphatic rings. The minimum Gasteiger partial charge on any atom is -0.323 e. The highest BCUT2D eigenvalue weighted by Crippen LogP contribution is 2.33. The van der Waals surface area contributed by atoms with E-state index in [9.17, 15) is 0 Å². The Balaban J connectivity index is 1.79. The van der Waals surface area contributed by atoms with Gasteiger partial charge in [-0.3, -0.25) is 0 Å². The number of thiophene rings is 1. The number of benzene rings is 1. The number of halogens is 1. The van der Waals surface area contributed by atoms with E-state index in [1.54, 1.807) is 11.3 Å². The molecule has 0 saturated carbocycles. The SMILES string of the molecule is Cc1csc(C(N)Cc2ccc3c(c2)CCC3)c1Cl. The Hall–Kier alpha value is -0.830. The summed E-state index contributed by atoms with van der Waals surface area (Å²) in [6.07, 6.45) is 4.61. The molecule has 0 aliphatic heterocycles. The monoisotopic (exact) mass is 291 g/mol. The average molecular weight is 292 g/mol. The van der Waals surface area contributed by atoms with Crippen molar-refractivity contribution in [2.24, 2.45) is 5.73 Å². The quantitative estimate of drug-likeness (QED) is 0.889. The summed E-state index contributed by atoms with van der Waals surface area (Å²) in [7, 11) is 0. The van der Waals surface area contributed by atoms with Gasteiger partial charge in [0.15, 0.2) is 0 Å². The molecule has 100 valence electrons. The third-order valence-corrected chi connectivity index (χ3v) is 5.73. The highest BCUT2D eigenvalue weighted by molar-refractivity contribution is 7.10. The van der Waals surface area contributed by atoms with E-state index >= 15 is 0 Å². The molecular formula is C16H18ClNS. The zero-order valence-corrected chi connectivity index (χ0v) is 12.7. The van der Waals surface area contributed by atoms with Gasteiger partial charge in [0.25, 0.3) is 0 Å². The number of rotatable bonds is 3. The lowest BCUT2D eigenvalue weighted by Gasteiger charge is -2.12. The Morgan fingerprint density at radius 1 is 1.32 bits per heavy atom. The maximum absolute atomic E-state index is 6.31. The third kappa shape index (κ3) is 2.58. The van der Waals surface area contributed by atoms with Gasteiger partial charge in [-0.05, 0) is 60.2 Å². The summed E-state index contributed by atoms with van der Waals surface area (Å²) in [6.45, 7) is 2.03. The number of nitrogens with two attached hydrogens (primary N) is 1. The summed E-state index contributed by atoms with van der Waals surface area (Å²) in [6, 6.07) is 6.83. The molecule has 1 heterocycles. The van der Waals surface area contributed by atoms with Crippen LogP contribution in [0.1, 0.15) is 39.6 Å². The van der Waals surface area contributed by atoms with E-state index in [0.717, 1.165) is 21.9 Å². The molecule has 0 saturated heterocycles. The van der Waals surface area contributed by atoms with Crippen LogP contribution in [0.25, 0.3) is 0 Å². The van der Waals surface area contributed by atoms with E-state index in [0.29, 0.717) is 0 Å². The number of aryl methyl sites for hydroxylation is 3. The van der Waals surface area contributed by atoms with Crippen LogP contribution in [-0.4, -0.2) is 0 Å². The largest absolute Gasteiger partial charge is 0.323 e. The summed E-state index contributed by atoms with van der Waals surface area (Å²) in [5.74, 6) is 0. The Labute approximate surface area is 123 Å². The van der Waals surface area contributed by atoms with Crippen molar-refractivity contribution in [1.82, 2.24) is 0 Å². The van der Waals surface area contributed by atoms with E-state index in [2.05, 4.69) is 23.6 Å². The Morgan fingerprint density at radius 2 is 2.11 bits per heavy atom.